The van der Waals surface area contributed by atoms with Crippen LogP contribution in [0.15, 0.2) is 36.4 Å². The lowest BCUT2D eigenvalue weighted by molar-refractivity contribution is 0.0849. The van der Waals surface area contributed by atoms with Crippen molar-refractivity contribution in [1.29, 1.82) is 0 Å². The van der Waals surface area contributed by atoms with Crippen LogP contribution in [0.3, 0.4) is 0 Å². The van der Waals surface area contributed by atoms with Crippen LogP contribution in [-0.4, -0.2) is 19.0 Å². The van der Waals surface area contributed by atoms with E-state index in [0.717, 1.165) is 29.0 Å². The largest absolute Gasteiger partial charge is 0.490 e. The molecule has 0 amide bonds. The molecule has 2 aromatic carbocycles. The predicted octanol–water partition coefficient (Wildman–Crippen LogP) is 3.86. The van der Waals surface area contributed by atoms with Crippen LogP contribution in [0.25, 0.3) is 0 Å². The minimum absolute atomic E-state index is 0.118. The monoisotopic (exact) mass is 310 g/mol. The van der Waals surface area contributed by atoms with Gasteiger partial charge in [-0.15, -0.1) is 0 Å². The summed E-state index contributed by atoms with van der Waals surface area (Å²) < 4.78 is 17.4. The van der Waals surface area contributed by atoms with Crippen LogP contribution in [0, 0.1) is 6.92 Å². The van der Waals surface area contributed by atoms with E-state index in [1.54, 1.807) is 0 Å². The number of aryl methyl sites for hydroxylation is 1. The topological polar surface area (TPSA) is 44.8 Å². The minimum Gasteiger partial charge on any atom is -0.490 e. The molecule has 0 N–H and O–H groups in total. The van der Waals surface area contributed by atoms with Gasteiger partial charge in [0.2, 0.25) is 0 Å². The lowest BCUT2D eigenvalue weighted by atomic mass is 9.95. The Kier molecular flexibility index (Phi) is 3.45. The van der Waals surface area contributed by atoms with Crippen LogP contribution >= 0.6 is 0 Å². The number of ketones is 1. The van der Waals surface area contributed by atoms with E-state index in [2.05, 4.69) is 0 Å². The first kappa shape index (κ1) is 14.1. The van der Waals surface area contributed by atoms with Gasteiger partial charge in [-0.05, 0) is 36.8 Å². The van der Waals surface area contributed by atoms with Gasteiger partial charge in [0.1, 0.15) is 11.9 Å². The highest BCUT2D eigenvalue weighted by atomic mass is 16.5. The molecule has 0 aliphatic carbocycles. The van der Waals surface area contributed by atoms with Crippen molar-refractivity contribution in [3.05, 3.63) is 53.1 Å². The number of Topliss-reactive ketones (excluding diaryl/α,β-unsaturated/α-hetero) is 1. The number of hydrogen-bond donors (Lipinski definition) is 0. The van der Waals surface area contributed by atoms with Crippen molar-refractivity contribution in [2.45, 2.75) is 25.9 Å². The zero-order valence-electron chi connectivity index (χ0n) is 13.0. The zero-order chi connectivity index (χ0) is 15.8. The summed E-state index contributed by atoms with van der Waals surface area (Å²) >= 11 is 0. The van der Waals surface area contributed by atoms with E-state index < -0.39 is 0 Å². The summed E-state index contributed by atoms with van der Waals surface area (Å²) in [6.07, 6.45) is 0.931. The normalized spacial score (nSPS) is 19.5. The fraction of sp³-hybridized carbons (Fsp3) is 0.316. The molecule has 0 saturated heterocycles. The fourth-order valence-corrected chi connectivity index (χ4v) is 3.00. The van der Waals surface area contributed by atoms with Gasteiger partial charge in [0.25, 0.3) is 0 Å². The molecule has 4 nitrogen and oxygen atoms in total. The van der Waals surface area contributed by atoms with Gasteiger partial charge in [-0.2, -0.15) is 0 Å². The van der Waals surface area contributed by atoms with E-state index in [9.17, 15) is 4.79 Å². The number of carbonyl (C=O) groups excluding carboxylic acids is 1. The molecule has 2 heterocycles. The van der Waals surface area contributed by atoms with Gasteiger partial charge in [-0.3, -0.25) is 4.79 Å². The smallest absolute Gasteiger partial charge is 0.170 e. The van der Waals surface area contributed by atoms with Gasteiger partial charge in [0, 0.05) is 6.42 Å². The third-order valence-electron chi connectivity index (χ3n) is 4.22. The molecule has 0 radical (unpaired) electrons. The standard InChI is InChI=1S/C19H18O4/c1-12-3-5-16-14(9-12)15(20)11-18(23-16)13-4-6-17-19(10-13)22-8-2-7-21-17/h3-6,9-10,18H,2,7-8,11H2,1H3/t18-/m1/s1. The van der Waals surface area contributed by atoms with Crippen molar-refractivity contribution in [2.24, 2.45) is 0 Å². The van der Waals surface area contributed by atoms with Crippen molar-refractivity contribution < 1.29 is 19.0 Å². The number of ether oxygens (including phenoxy) is 3. The second kappa shape index (κ2) is 5.61. The number of hydrogen-bond acceptors (Lipinski definition) is 4. The highest BCUT2D eigenvalue weighted by molar-refractivity contribution is 6.00. The van der Waals surface area contributed by atoms with E-state index in [-0.39, 0.29) is 11.9 Å². The van der Waals surface area contributed by atoms with Crippen molar-refractivity contribution in [2.75, 3.05) is 13.2 Å². The number of rotatable bonds is 1. The highest BCUT2D eigenvalue weighted by Gasteiger charge is 2.28. The molecule has 0 saturated carbocycles. The van der Waals surface area contributed by atoms with Gasteiger partial charge in [-0.1, -0.05) is 17.7 Å². The fourth-order valence-electron chi connectivity index (χ4n) is 3.00. The Morgan fingerprint density at radius 3 is 2.61 bits per heavy atom. The quantitative estimate of drug-likeness (QED) is 0.802. The van der Waals surface area contributed by atoms with Gasteiger partial charge < -0.3 is 14.2 Å². The minimum atomic E-state index is -0.283. The Morgan fingerprint density at radius 1 is 0.957 bits per heavy atom. The molecular weight excluding hydrogens is 292 g/mol. The molecule has 1 atom stereocenters. The molecule has 0 unspecified atom stereocenters. The van der Waals surface area contributed by atoms with Crippen LogP contribution in [-0.2, 0) is 0 Å². The number of carbonyl (C=O) groups is 1. The van der Waals surface area contributed by atoms with E-state index in [1.807, 2.05) is 43.3 Å². The lowest BCUT2D eigenvalue weighted by Gasteiger charge is -2.26. The summed E-state index contributed by atoms with van der Waals surface area (Å²) in [5, 5.41) is 0. The van der Waals surface area contributed by atoms with Crippen LogP contribution in [0.2, 0.25) is 0 Å². The number of benzene rings is 2. The molecule has 2 aromatic rings. The van der Waals surface area contributed by atoms with Crippen LogP contribution in [0.4, 0.5) is 0 Å². The molecule has 118 valence electrons. The second-order valence-corrected chi connectivity index (χ2v) is 5.99. The molecule has 0 spiro atoms. The molecule has 4 rings (SSSR count). The number of fused-ring (bicyclic) bond motifs is 2. The maximum atomic E-state index is 12.4. The maximum Gasteiger partial charge on any atom is 0.170 e. The van der Waals surface area contributed by atoms with Gasteiger partial charge in [0.15, 0.2) is 17.3 Å². The Hall–Kier alpha value is -2.49. The Balaban J connectivity index is 1.65. The molecule has 0 bridgehead atoms. The molecule has 0 aromatic heterocycles. The first-order valence-electron chi connectivity index (χ1n) is 7.91. The summed E-state index contributed by atoms with van der Waals surface area (Å²) in [6, 6.07) is 11.5. The third-order valence-corrected chi connectivity index (χ3v) is 4.22. The van der Waals surface area contributed by atoms with E-state index in [0.29, 0.717) is 30.9 Å². The van der Waals surface area contributed by atoms with Gasteiger partial charge in [0.05, 0.1) is 25.2 Å². The molecular formula is C19H18O4. The first-order valence-corrected chi connectivity index (χ1v) is 7.91. The van der Waals surface area contributed by atoms with Crippen molar-refractivity contribution >= 4 is 5.78 Å². The Bertz CT molecular complexity index is 766. The first-order chi connectivity index (χ1) is 11.2. The Labute approximate surface area is 135 Å². The summed E-state index contributed by atoms with van der Waals surface area (Å²) in [7, 11) is 0. The van der Waals surface area contributed by atoms with Gasteiger partial charge in [-0.25, -0.2) is 0 Å². The van der Waals surface area contributed by atoms with Crippen LogP contribution in [0.5, 0.6) is 17.2 Å². The predicted molar refractivity (Wildman–Crippen MR) is 85.5 cm³/mol. The van der Waals surface area contributed by atoms with Crippen LogP contribution < -0.4 is 14.2 Å². The van der Waals surface area contributed by atoms with E-state index in [4.69, 9.17) is 14.2 Å². The highest BCUT2D eigenvalue weighted by Crippen LogP contribution is 2.38. The van der Waals surface area contributed by atoms with E-state index in [1.165, 1.54) is 0 Å². The summed E-state index contributed by atoms with van der Waals surface area (Å²) in [5.74, 6) is 2.26. The Morgan fingerprint density at radius 2 is 1.74 bits per heavy atom. The summed E-state index contributed by atoms with van der Waals surface area (Å²) in [6.45, 7) is 3.28. The molecule has 23 heavy (non-hydrogen) atoms. The average molecular weight is 310 g/mol. The second-order valence-electron chi connectivity index (χ2n) is 5.99. The van der Waals surface area contributed by atoms with Gasteiger partial charge >= 0.3 is 0 Å². The zero-order valence-corrected chi connectivity index (χ0v) is 13.0. The lowest BCUT2D eigenvalue weighted by Crippen LogP contribution is -2.20. The molecule has 2 aliphatic rings. The molecule has 2 aliphatic heterocycles. The summed E-state index contributed by atoms with van der Waals surface area (Å²) in [4.78, 5) is 12.4. The average Bonchev–Trinajstić information content (AvgIpc) is 2.80. The molecule has 4 heteroatoms. The SMILES string of the molecule is Cc1ccc2c(c1)C(=O)C[C@H](c1ccc3c(c1)OCCCO3)O2. The van der Waals surface area contributed by atoms with Crippen molar-refractivity contribution in [3.8, 4) is 17.2 Å². The van der Waals surface area contributed by atoms with Crippen LogP contribution in [0.1, 0.15) is 40.4 Å². The maximum absolute atomic E-state index is 12.4. The third kappa shape index (κ3) is 2.65. The van der Waals surface area contributed by atoms with Crippen molar-refractivity contribution in [1.82, 2.24) is 0 Å². The molecule has 0 fully saturated rings. The summed E-state index contributed by atoms with van der Waals surface area (Å²) in [5.41, 5.74) is 2.68. The van der Waals surface area contributed by atoms with Crippen molar-refractivity contribution in [3.63, 3.8) is 0 Å². The van der Waals surface area contributed by atoms with E-state index >= 15 is 0 Å².